The van der Waals surface area contributed by atoms with Gasteiger partial charge in [-0.2, -0.15) is 0 Å². The molecule has 1 aromatic rings. The van der Waals surface area contributed by atoms with Crippen LogP contribution in [0.4, 0.5) is 4.79 Å². The first-order chi connectivity index (χ1) is 9.47. The van der Waals surface area contributed by atoms with Crippen molar-refractivity contribution in [2.75, 3.05) is 14.2 Å². The Morgan fingerprint density at radius 1 is 1.25 bits per heavy atom. The molecule has 0 heterocycles. The fraction of sp³-hybridized carbons (Fsp3) is 0.182. The first-order valence-corrected chi connectivity index (χ1v) is 6.47. The Morgan fingerprint density at radius 3 is 2.50 bits per heavy atom. The summed E-state index contributed by atoms with van der Waals surface area (Å²) >= 11 is 8.10. The second-order valence-electron chi connectivity index (χ2n) is 3.37. The molecule has 0 aliphatic rings. The number of amides is 2. The van der Waals surface area contributed by atoms with E-state index in [9.17, 15) is 9.59 Å². The molecular weight excluding hydrogens is 350 g/mol. The number of rotatable bonds is 2. The Labute approximate surface area is 129 Å². The normalized spacial score (nSPS) is 9.35. The van der Waals surface area contributed by atoms with Crippen molar-refractivity contribution in [1.82, 2.24) is 16.2 Å². The summed E-state index contributed by atoms with van der Waals surface area (Å²) in [4.78, 5) is 22.7. The predicted molar refractivity (Wildman–Crippen MR) is 79.4 cm³/mol. The van der Waals surface area contributed by atoms with Crippen molar-refractivity contribution in [3.8, 4) is 5.75 Å². The molecule has 20 heavy (non-hydrogen) atoms. The smallest absolute Gasteiger partial charge is 0.425 e. The minimum atomic E-state index is -0.728. The predicted octanol–water partition coefficient (Wildman–Crippen LogP) is 1.33. The van der Waals surface area contributed by atoms with Gasteiger partial charge in [-0.15, -0.1) is 0 Å². The number of methoxy groups -OCH3 is 2. The number of hydrazine groups is 1. The second-order valence-corrected chi connectivity index (χ2v) is 4.64. The molecule has 0 spiro atoms. The van der Waals surface area contributed by atoms with Gasteiger partial charge in [0.05, 0.1) is 18.7 Å². The lowest BCUT2D eigenvalue weighted by Gasteiger charge is -2.10. The van der Waals surface area contributed by atoms with E-state index in [2.05, 4.69) is 36.8 Å². The van der Waals surface area contributed by atoms with E-state index in [4.69, 9.17) is 17.0 Å². The number of hydrogen-bond donors (Lipinski definition) is 3. The molecule has 108 valence electrons. The second kappa shape index (κ2) is 7.65. The zero-order valence-corrected chi connectivity index (χ0v) is 13.1. The highest BCUT2D eigenvalue weighted by atomic mass is 79.9. The van der Waals surface area contributed by atoms with Crippen LogP contribution in [0.1, 0.15) is 10.4 Å². The fourth-order valence-corrected chi connectivity index (χ4v) is 1.86. The van der Waals surface area contributed by atoms with E-state index in [1.165, 1.54) is 14.2 Å². The van der Waals surface area contributed by atoms with Gasteiger partial charge >= 0.3 is 6.09 Å². The van der Waals surface area contributed by atoms with Crippen LogP contribution in [-0.4, -0.2) is 31.3 Å². The number of carbonyl (C=O) groups excluding carboxylic acids is 2. The summed E-state index contributed by atoms with van der Waals surface area (Å²) in [6.07, 6.45) is -0.728. The maximum absolute atomic E-state index is 11.9. The molecule has 2 amide bonds. The van der Waals surface area contributed by atoms with Gasteiger partial charge in [-0.05, 0) is 46.3 Å². The van der Waals surface area contributed by atoms with Crippen molar-refractivity contribution in [2.24, 2.45) is 0 Å². The quantitative estimate of drug-likeness (QED) is 0.544. The molecule has 0 aromatic heterocycles. The van der Waals surface area contributed by atoms with E-state index in [1.807, 2.05) is 0 Å². The van der Waals surface area contributed by atoms with Crippen molar-refractivity contribution < 1.29 is 19.1 Å². The molecule has 0 fully saturated rings. The molecule has 0 unspecified atom stereocenters. The van der Waals surface area contributed by atoms with E-state index < -0.39 is 12.0 Å². The first kappa shape index (κ1) is 16.2. The number of hydrogen-bond acceptors (Lipinski definition) is 5. The molecular formula is C11H12BrN3O4S. The van der Waals surface area contributed by atoms with Gasteiger partial charge in [0.2, 0.25) is 0 Å². The summed E-state index contributed by atoms with van der Waals surface area (Å²) in [7, 11) is 2.73. The molecule has 0 atom stereocenters. The zero-order chi connectivity index (χ0) is 15.1. The Balaban J connectivity index is 2.60. The first-order valence-electron chi connectivity index (χ1n) is 5.26. The molecule has 0 radical (unpaired) electrons. The van der Waals surface area contributed by atoms with Crippen LogP contribution >= 0.6 is 28.1 Å². The molecule has 7 nitrogen and oxygen atoms in total. The summed E-state index contributed by atoms with van der Waals surface area (Å²) in [5.74, 6) is 0.173. The van der Waals surface area contributed by atoms with Gasteiger partial charge in [0, 0.05) is 5.56 Å². The van der Waals surface area contributed by atoms with Crippen LogP contribution in [-0.2, 0) is 4.74 Å². The highest BCUT2D eigenvalue weighted by Crippen LogP contribution is 2.25. The van der Waals surface area contributed by atoms with Crippen molar-refractivity contribution >= 4 is 45.3 Å². The number of nitrogens with one attached hydrogen (secondary N) is 3. The van der Waals surface area contributed by atoms with Crippen molar-refractivity contribution in [3.63, 3.8) is 0 Å². The highest BCUT2D eigenvalue weighted by molar-refractivity contribution is 9.10. The summed E-state index contributed by atoms with van der Waals surface area (Å²) in [6, 6.07) is 4.81. The van der Waals surface area contributed by atoms with Crippen LogP contribution < -0.4 is 20.9 Å². The number of benzene rings is 1. The van der Waals surface area contributed by atoms with Gasteiger partial charge < -0.3 is 9.47 Å². The summed E-state index contributed by atoms with van der Waals surface area (Å²) in [6.45, 7) is 0. The van der Waals surface area contributed by atoms with Crippen LogP contribution in [0.3, 0.4) is 0 Å². The van der Waals surface area contributed by atoms with Crippen LogP contribution in [0.2, 0.25) is 0 Å². The molecule has 0 aliphatic carbocycles. The molecule has 0 aliphatic heterocycles. The number of halogens is 1. The lowest BCUT2D eigenvalue weighted by Crippen LogP contribution is -2.48. The summed E-state index contributed by atoms with van der Waals surface area (Å²) in [5, 5.41) is 2.33. The summed E-state index contributed by atoms with van der Waals surface area (Å²) < 4.78 is 10.0. The van der Waals surface area contributed by atoms with E-state index >= 15 is 0 Å². The molecule has 1 aromatic carbocycles. The van der Waals surface area contributed by atoms with Crippen LogP contribution in [0.25, 0.3) is 0 Å². The summed E-state index contributed by atoms with van der Waals surface area (Å²) in [5.41, 5.74) is 4.81. The topological polar surface area (TPSA) is 88.7 Å². The van der Waals surface area contributed by atoms with Gasteiger partial charge in [-0.3, -0.25) is 15.5 Å². The van der Waals surface area contributed by atoms with Crippen molar-refractivity contribution in [2.45, 2.75) is 0 Å². The van der Waals surface area contributed by atoms with Crippen molar-refractivity contribution in [1.29, 1.82) is 0 Å². The Bertz CT molecular complexity index is 538. The Morgan fingerprint density at radius 2 is 1.95 bits per heavy atom. The van der Waals surface area contributed by atoms with Gasteiger partial charge in [0.15, 0.2) is 5.11 Å². The molecule has 0 saturated carbocycles. The fourth-order valence-electron chi connectivity index (χ4n) is 1.17. The average Bonchev–Trinajstić information content (AvgIpc) is 2.44. The minimum absolute atomic E-state index is 0.0626. The van der Waals surface area contributed by atoms with Crippen molar-refractivity contribution in [3.05, 3.63) is 28.2 Å². The third kappa shape index (κ3) is 4.67. The molecule has 3 N–H and O–H groups in total. The van der Waals surface area contributed by atoms with E-state index in [0.717, 1.165) is 0 Å². The number of ether oxygens (including phenoxy) is 2. The Kier molecular flexibility index (Phi) is 6.19. The maximum atomic E-state index is 11.9. The van der Waals surface area contributed by atoms with E-state index in [0.29, 0.717) is 15.8 Å². The molecule has 0 bridgehead atoms. The largest absolute Gasteiger partial charge is 0.496 e. The number of carbonyl (C=O) groups is 2. The lowest BCUT2D eigenvalue weighted by molar-refractivity contribution is 0.0975. The third-order valence-corrected chi connectivity index (χ3v) is 2.93. The van der Waals surface area contributed by atoms with Gasteiger partial charge in [-0.1, -0.05) is 0 Å². The van der Waals surface area contributed by atoms with Gasteiger partial charge in [0.1, 0.15) is 5.75 Å². The standard InChI is InChI=1S/C11H12BrN3O4S/c1-18-8-4-3-6(5-7(8)12)9(16)13-10(20)14-15-11(17)19-2/h3-5H,1-2H3,(H,15,17)(H2,13,14,16,20). The molecule has 9 heteroatoms. The SMILES string of the molecule is COC(=O)NNC(=S)NC(=O)c1ccc(OC)c(Br)c1. The third-order valence-electron chi connectivity index (χ3n) is 2.10. The maximum Gasteiger partial charge on any atom is 0.425 e. The van der Waals surface area contributed by atoms with E-state index in [1.54, 1.807) is 18.2 Å². The van der Waals surface area contributed by atoms with Gasteiger partial charge in [0.25, 0.3) is 5.91 Å². The van der Waals surface area contributed by atoms with E-state index in [-0.39, 0.29) is 5.11 Å². The monoisotopic (exact) mass is 361 g/mol. The number of thiocarbonyl (C=S) groups is 1. The Hall–Kier alpha value is -1.87. The van der Waals surface area contributed by atoms with Crippen LogP contribution in [0, 0.1) is 0 Å². The minimum Gasteiger partial charge on any atom is -0.496 e. The lowest BCUT2D eigenvalue weighted by atomic mass is 10.2. The van der Waals surface area contributed by atoms with Crippen LogP contribution in [0.15, 0.2) is 22.7 Å². The molecule has 1 rings (SSSR count). The van der Waals surface area contributed by atoms with Crippen LogP contribution in [0.5, 0.6) is 5.75 Å². The average molecular weight is 362 g/mol. The zero-order valence-electron chi connectivity index (χ0n) is 10.7. The molecule has 0 saturated heterocycles. The van der Waals surface area contributed by atoms with Gasteiger partial charge in [-0.25, -0.2) is 10.2 Å². The highest BCUT2D eigenvalue weighted by Gasteiger charge is 2.10.